The summed E-state index contributed by atoms with van der Waals surface area (Å²) in [6, 6.07) is 24.6. The number of phenolic OH excluding ortho intramolecular Hbond substituents is 1. The number of nitrogens with one attached hydrogen (secondary N) is 1. The highest BCUT2D eigenvalue weighted by molar-refractivity contribution is 14.1. The number of nitrogens with zero attached hydrogens (tertiary/aromatic N) is 2. The zero-order chi connectivity index (χ0) is 36.7. The molecule has 3 fully saturated rings. The van der Waals surface area contributed by atoms with Crippen molar-refractivity contribution < 1.29 is 33.4 Å². The molecule has 4 aromatic carbocycles. The van der Waals surface area contributed by atoms with Crippen molar-refractivity contribution in [2.45, 2.75) is 28.5 Å². The Labute approximate surface area is 321 Å². The summed E-state index contributed by atoms with van der Waals surface area (Å²) in [5.74, 6) is -6.55. The number of amides is 4. The highest BCUT2D eigenvalue weighted by Gasteiger charge is 2.76. The number of carbonyl (C=O) groups is 4. The maximum Gasteiger partial charge on any atom is 0.258 e. The van der Waals surface area contributed by atoms with Gasteiger partial charge in [0.15, 0.2) is 21.2 Å². The summed E-state index contributed by atoms with van der Waals surface area (Å²) in [6.45, 7) is 0. The predicted octanol–water partition coefficient (Wildman–Crippen LogP) is 7.66. The van der Waals surface area contributed by atoms with Crippen LogP contribution in [0.2, 0.25) is 0 Å². The first-order valence-corrected chi connectivity index (χ1v) is 18.3. The number of ether oxygens (including phenoxy) is 1. The minimum atomic E-state index is -2.12. The van der Waals surface area contributed by atoms with Crippen molar-refractivity contribution in [2.75, 3.05) is 22.2 Å². The highest BCUT2D eigenvalue weighted by atomic mass is 127. The number of alkyl halides is 2. The SMILES string of the molecule is COc1cc(C2C3=CCC4C(=O)N(c5ccc(Nc6ccccc6)cc5)C(=O)C4C3CC3(Cl)C(=O)N(c4ccc(F)cc4)C(=O)C23Cl)cc(I)c1O. The molecule has 6 atom stereocenters. The molecule has 1 saturated carbocycles. The lowest BCUT2D eigenvalue weighted by atomic mass is 9.56. The van der Waals surface area contributed by atoms with E-state index in [1.54, 1.807) is 30.3 Å². The minimum absolute atomic E-state index is 0.0841. The lowest BCUT2D eigenvalue weighted by molar-refractivity contribution is -0.125. The van der Waals surface area contributed by atoms with Gasteiger partial charge in [-0.2, -0.15) is 0 Å². The summed E-state index contributed by atoms with van der Waals surface area (Å²) in [5.41, 5.74) is 3.14. The molecular weight excluding hydrogens is 823 g/mol. The Morgan fingerprint density at radius 1 is 0.846 bits per heavy atom. The average Bonchev–Trinajstić information content (AvgIpc) is 3.48. The monoisotopic (exact) mass is 851 g/mol. The Morgan fingerprint density at radius 2 is 1.48 bits per heavy atom. The fourth-order valence-corrected chi connectivity index (χ4v) is 9.89. The third kappa shape index (κ3) is 4.99. The third-order valence-electron chi connectivity index (χ3n) is 10.7. The van der Waals surface area contributed by atoms with E-state index in [0.717, 1.165) is 28.4 Å². The number of hydrogen-bond acceptors (Lipinski definition) is 7. The number of hydrogen-bond donors (Lipinski definition) is 2. The number of carbonyl (C=O) groups excluding carboxylic acids is 4. The van der Waals surface area contributed by atoms with Crippen molar-refractivity contribution >= 4 is 92.2 Å². The second-order valence-electron chi connectivity index (χ2n) is 13.4. The van der Waals surface area contributed by atoms with Crippen LogP contribution in [0.25, 0.3) is 0 Å². The minimum Gasteiger partial charge on any atom is -0.504 e. The number of rotatable bonds is 6. The van der Waals surface area contributed by atoms with Gasteiger partial charge in [-0.1, -0.05) is 29.8 Å². The first-order chi connectivity index (χ1) is 24.9. The van der Waals surface area contributed by atoms with Crippen molar-refractivity contribution in [3.05, 3.63) is 118 Å². The zero-order valence-corrected chi connectivity index (χ0v) is 31.0. The average molecular weight is 852 g/mol. The molecule has 13 heteroatoms. The number of allylic oxidation sites excluding steroid dienone is 2. The van der Waals surface area contributed by atoms with Crippen LogP contribution in [-0.2, 0) is 19.2 Å². The van der Waals surface area contributed by atoms with Crippen molar-refractivity contribution in [1.29, 1.82) is 0 Å². The van der Waals surface area contributed by atoms with Crippen LogP contribution < -0.4 is 19.9 Å². The Kier molecular flexibility index (Phi) is 8.38. The smallest absolute Gasteiger partial charge is 0.258 e. The Morgan fingerprint density at radius 3 is 2.15 bits per heavy atom. The van der Waals surface area contributed by atoms with Gasteiger partial charge in [0, 0.05) is 17.3 Å². The van der Waals surface area contributed by atoms with E-state index in [0.29, 0.717) is 20.4 Å². The van der Waals surface area contributed by atoms with E-state index in [-0.39, 0.29) is 35.9 Å². The Balaban J connectivity index is 1.22. The molecule has 4 amide bonds. The van der Waals surface area contributed by atoms with Crippen LogP contribution in [0.3, 0.4) is 0 Å². The summed E-state index contributed by atoms with van der Waals surface area (Å²) in [5, 5.41) is 14.0. The van der Waals surface area contributed by atoms with Crippen molar-refractivity contribution in [3.8, 4) is 11.5 Å². The summed E-state index contributed by atoms with van der Waals surface area (Å²) < 4.78 is 19.8. The normalized spacial score (nSPS) is 28.0. The van der Waals surface area contributed by atoms with Gasteiger partial charge in [0.25, 0.3) is 11.8 Å². The maximum absolute atomic E-state index is 14.6. The van der Waals surface area contributed by atoms with Gasteiger partial charge < -0.3 is 15.2 Å². The third-order valence-corrected chi connectivity index (χ3v) is 12.9. The zero-order valence-electron chi connectivity index (χ0n) is 27.4. The lowest BCUT2D eigenvalue weighted by Crippen LogP contribution is -2.60. The fraction of sp³-hybridized carbons (Fsp3) is 0.231. The number of anilines is 4. The van der Waals surface area contributed by atoms with E-state index in [9.17, 15) is 28.7 Å². The van der Waals surface area contributed by atoms with Crippen molar-refractivity contribution in [3.63, 3.8) is 0 Å². The van der Waals surface area contributed by atoms with E-state index in [2.05, 4.69) is 5.32 Å². The topological polar surface area (TPSA) is 116 Å². The number of methoxy groups -OCH3 is 1. The molecule has 2 saturated heterocycles. The molecule has 6 unspecified atom stereocenters. The van der Waals surface area contributed by atoms with Gasteiger partial charge in [-0.05, 0) is 120 Å². The Hall–Kier alpha value is -4.46. The van der Waals surface area contributed by atoms with Gasteiger partial charge in [-0.3, -0.25) is 24.1 Å². The largest absolute Gasteiger partial charge is 0.504 e. The maximum atomic E-state index is 14.6. The van der Waals surface area contributed by atoms with Crippen LogP contribution in [0, 0.1) is 27.1 Å². The van der Waals surface area contributed by atoms with Gasteiger partial charge in [0.05, 0.1) is 33.9 Å². The highest BCUT2D eigenvalue weighted by Crippen LogP contribution is 2.66. The lowest BCUT2D eigenvalue weighted by Gasteiger charge is -2.50. The van der Waals surface area contributed by atoms with Crippen LogP contribution in [0.1, 0.15) is 24.3 Å². The van der Waals surface area contributed by atoms with Crippen LogP contribution in [-0.4, -0.2) is 45.6 Å². The van der Waals surface area contributed by atoms with Gasteiger partial charge in [0.2, 0.25) is 11.8 Å². The van der Waals surface area contributed by atoms with E-state index in [1.807, 2.05) is 59.0 Å². The van der Waals surface area contributed by atoms with Crippen LogP contribution in [0.5, 0.6) is 11.5 Å². The number of fused-ring (bicyclic) bond motifs is 4. The van der Waals surface area contributed by atoms with E-state index < -0.39 is 57.0 Å². The molecule has 2 heterocycles. The van der Waals surface area contributed by atoms with Gasteiger partial charge in [0.1, 0.15) is 5.82 Å². The quantitative estimate of drug-likeness (QED) is 0.0887. The second-order valence-corrected chi connectivity index (χ2v) is 15.8. The molecule has 2 N–H and O–H groups in total. The molecule has 2 aliphatic heterocycles. The molecule has 4 aliphatic rings. The van der Waals surface area contributed by atoms with Crippen molar-refractivity contribution in [2.24, 2.45) is 17.8 Å². The van der Waals surface area contributed by atoms with E-state index in [1.165, 1.54) is 30.2 Å². The standard InChI is InChI=1S/C39H29Cl2FIN3O6/c1-52-30-18-20(17-29(43)33(30)47)32-26-15-16-27-31(35(49)45(34(27)48)24-13-9-23(10-14-24)44-22-5-3-2-4-6-22)28(26)19-38(40)36(50)46(37(51)39(32,38)41)25-11-7-21(42)8-12-25/h2-15,17-18,27-28,31-32,44,47H,16,19H2,1H3. The number of phenols is 1. The van der Waals surface area contributed by atoms with Crippen LogP contribution in [0.4, 0.5) is 27.1 Å². The number of benzene rings is 4. The van der Waals surface area contributed by atoms with Crippen LogP contribution >= 0.6 is 45.8 Å². The summed E-state index contributed by atoms with van der Waals surface area (Å²) in [6.07, 6.45) is 1.80. The summed E-state index contributed by atoms with van der Waals surface area (Å²) in [4.78, 5) is 55.5. The molecule has 8 rings (SSSR count). The molecule has 0 spiro atoms. The summed E-state index contributed by atoms with van der Waals surface area (Å²) >= 11 is 16.9. The number of imide groups is 2. The van der Waals surface area contributed by atoms with Gasteiger partial charge in [-0.15, -0.1) is 23.2 Å². The summed E-state index contributed by atoms with van der Waals surface area (Å²) in [7, 11) is 1.38. The molecule has 0 bridgehead atoms. The van der Waals surface area contributed by atoms with Crippen molar-refractivity contribution in [1.82, 2.24) is 0 Å². The molecule has 4 aromatic rings. The second kappa shape index (κ2) is 12.6. The molecule has 264 valence electrons. The van der Waals surface area contributed by atoms with E-state index in [4.69, 9.17) is 27.9 Å². The number of para-hydroxylation sites is 1. The first kappa shape index (κ1) is 34.6. The first-order valence-electron chi connectivity index (χ1n) is 16.5. The van der Waals surface area contributed by atoms with Crippen LogP contribution in [0.15, 0.2) is 103 Å². The molecular formula is C39H29Cl2FIN3O6. The molecule has 0 aromatic heterocycles. The molecule has 9 nitrogen and oxygen atoms in total. The van der Waals surface area contributed by atoms with Gasteiger partial charge >= 0.3 is 0 Å². The molecule has 52 heavy (non-hydrogen) atoms. The molecule has 0 radical (unpaired) electrons. The molecule has 2 aliphatic carbocycles. The Bertz CT molecular complexity index is 2200. The van der Waals surface area contributed by atoms with E-state index >= 15 is 0 Å². The number of halogens is 4. The predicted molar refractivity (Wildman–Crippen MR) is 203 cm³/mol. The van der Waals surface area contributed by atoms with Gasteiger partial charge in [-0.25, -0.2) is 9.29 Å². The number of aromatic hydroxyl groups is 1. The fourth-order valence-electron chi connectivity index (χ4n) is 8.33.